The summed E-state index contributed by atoms with van der Waals surface area (Å²) >= 11 is 0. The fraction of sp³-hybridized carbons (Fsp3) is 0.526. The number of fused-ring (bicyclic) bond motifs is 1. The Balaban J connectivity index is 2.07. The molecule has 0 bridgehead atoms. The number of nitrogens with zero attached hydrogens (tertiary/aromatic N) is 1. The van der Waals surface area contributed by atoms with Crippen LogP contribution in [0.5, 0.6) is 5.88 Å². The average molecular weight is 284 g/mol. The predicted molar refractivity (Wildman–Crippen MR) is 86.6 cm³/mol. The number of aromatic nitrogens is 1. The zero-order valence-electron chi connectivity index (χ0n) is 13.4. The van der Waals surface area contributed by atoms with Crippen LogP contribution in [0.2, 0.25) is 0 Å². The van der Waals surface area contributed by atoms with Crippen LogP contribution in [0.3, 0.4) is 0 Å². The summed E-state index contributed by atoms with van der Waals surface area (Å²) in [4.78, 5) is 0. The zero-order valence-corrected chi connectivity index (χ0v) is 13.4. The van der Waals surface area contributed by atoms with Crippen LogP contribution in [0.1, 0.15) is 52.9 Å². The molecule has 3 rings (SSSR count). The normalized spacial score (nSPS) is 17.1. The molecule has 0 radical (unpaired) electrons. The van der Waals surface area contributed by atoms with Gasteiger partial charge in [0.1, 0.15) is 6.10 Å². The molecule has 2 aromatic rings. The maximum absolute atomic E-state index is 6.49. The Morgan fingerprint density at radius 3 is 2.43 bits per heavy atom. The SMILES string of the molecule is CC(C)(C)[n+]1ccc2ccccc2c1OC1CCCCC1. The largest absolute Gasteiger partial charge is 0.441 e. The van der Waals surface area contributed by atoms with Crippen molar-refractivity contribution in [3.8, 4) is 5.88 Å². The number of ether oxygens (including phenoxy) is 1. The molecule has 0 saturated heterocycles. The van der Waals surface area contributed by atoms with E-state index in [1.54, 1.807) is 0 Å². The zero-order chi connectivity index (χ0) is 14.9. The summed E-state index contributed by atoms with van der Waals surface area (Å²) in [7, 11) is 0. The number of hydrogen-bond donors (Lipinski definition) is 0. The third-order valence-electron chi connectivity index (χ3n) is 4.37. The molecule has 1 aromatic carbocycles. The van der Waals surface area contributed by atoms with E-state index in [0.29, 0.717) is 6.10 Å². The molecule has 0 N–H and O–H groups in total. The fourth-order valence-corrected chi connectivity index (χ4v) is 3.18. The quantitative estimate of drug-likeness (QED) is 0.735. The number of benzene rings is 1. The van der Waals surface area contributed by atoms with Crippen molar-refractivity contribution in [2.45, 2.75) is 64.5 Å². The molecule has 112 valence electrons. The van der Waals surface area contributed by atoms with Gasteiger partial charge in [-0.2, -0.15) is 4.57 Å². The maximum atomic E-state index is 6.49. The molecule has 0 amide bonds. The van der Waals surface area contributed by atoms with Crippen molar-refractivity contribution in [1.82, 2.24) is 0 Å². The predicted octanol–water partition coefficient (Wildman–Crippen LogP) is 4.59. The van der Waals surface area contributed by atoms with Crippen LogP contribution in [-0.2, 0) is 5.54 Å². The van der Waals surface area contributed by atoms with Crippen LogP contribution in [0, 0.1) is 0 Å². The standard InChI is InChI=1S/C19H26NO/c1-19(2,3)20-14-13-15-9-7-8-12-17(15)18(20)21-16-10-5-4-6-11-16/h7-9,12-14,16H,4-6,10-11H2,1-3H3/q+1. The van der Waals surface area contributed by atoms with Gasteiger partial charge in [-0.15, -0.1) is 0 Å². The summed E-state index contributed by atoms with van der Waals surface area (Å²) in [5, 5.41) is 2.48. The van der Waals surface area contributed by atoms with Gasteiger partial charge in [-0.05, 0) is 37.1 Å². The minimum absolute atomic E-state index is 0.0219. The first-order valence-electron chi connectivity index (χ1n) is 8.16. The highest BCUT2D eigenvalue weighted by atomic mass is 16.5. The van der Waals surface area contributed by atoms with E-state index in [9.17, 15) is 0 Å². The van der Waals surface area contributed by atoms with E-state index >= 15 is 0 Å². The molecule has 1 fully saturated rings. The minimum atomic E-state index is 0.0219. The Hall–Kier alpha value is -1.57. The van der Waals surface area contributed by atoms with Gasteiger partial charge in [0.05, 0.1) is 5.39 Å². The maximum Gasteiger partial charge on any atom is 0.376 e. The van der Waals surface area contributed by atoms with Crippen LogP contribution in [-0.4, -0.2) is 6.10 Å². The number of hydrogen-bond acceptors (Lipinski definition) is 1. The first-order chi connectivity index (χ1) is 10.1. The highest BCUT2D eigenvalue weighted by Crippen LogP contribution is 2.28. The van der Waals surface area contributed by atoms with Crippen LogP contribution in [0.25, 0.3) is 10.8 Å². The Morgan fingerprint density at radius 1 is 1.00 bits per heavy atom. The summed E-state index contributed by atoms with van der Waals surface area (Å²) in [6.45, 7) is 6.69. The smallest absolute Gasteiger partial charge is 0.376 e. The highest BCUT2D eigenvalue weighted by Gasteiger charge is 2.30. The lowest BCUT2D eigenvalue weighted by molar-refractivity contribution is -0.757. The van der Waals surface area contributed by atoms with Gasteiger partial charge in [0.25, 0.3) is 0 Å². The minimum Gasteiger partial charge on any atom is -0.441 e. The fourth-order valence-electron chi connectivity index (χ4n) is 3.18. The van der Waals surface area contributed by atoms with Gasteiger partial charge in [-0.25, -0.2) is 0 Å². The third-order valence-corrected chi connectivity index (χ3v) is 4.37. The van der Waals surface area contributed by atoms with Gasteiger partial charge in [0, 0.05) is 26.8 Å². The molecule has 0 aliphatic heterocycles. The van der Waals surface area contributed by atoms with Crippen molar-refractivity contribution in [2.75, 3.05) is 0 Å². The lowest BCUT2D eigenvalue weighted by Crippen LogP contribution is -2.51. The molecule has 21 heavy (non-hydrogen) atoms. The first kappa shape index (κ1) is 14.4. The highest BCUT2D eigenvalue weighted by molar-refractivity contribution is 5.85. The molecule has 0 unspecified atom stereocenters. The topological polar surface area (TPSA) is 13.1 Å². The molecule has 2 heteroatoms. The van der Waals surface area contributed by atoms with Crippen molar-refractivity contribution in [2.24, 2.45) is 0 Å². The van der Waals surface area contributed by atoms with Crippen LogP contribution in [0.15, 0.2) is 36.5 Å². The summed E-state index contributed by atoms with van der Waals surface area (Å²) in [6, 6.07) is 10.7. The van der Waals surface area contributed by atoms with E-state index in [1.807, 2.05) is 0 Å². The second-order valence-corrected chi connectivity index (χ2v) is 7.13. The van der Waals surface area contributed by atoms with E-state index in [4.69, 9.17) is 4.74 Å². The van der Waals surface area contributed by atoms with Crippen LogP contribution >= 0.6 is 0 Å². The molecule has 0 spiro atoms. The lowest BCUT2D eigenvalue weighted by atomic mass is 9.98. The molecular formula is C19H26NO+. The van der Waals surface area contributed by atoms with Gasteiger partial charge in [-0.3, -0.25) is 0 Å². The molecule has 0 atom stereocenters. The molecule has 1 heterocycles. The first-order valence-corrected chi connectivity index (χ1v) is 8.16. The van der Waals surface area contributed by atoms with E-state index < -0.39 is 0 Å². The Bertz CT molecular complexity index is 621. The third kappa shape index (κ3) is 3.04. The second kappa shape index (κ2) is 5.67. The molecule has 1 aliphatic carbocycles. The number of pyridine rings is 1. The summed E-state index contributed by atoms with van der Waals surface area (Å²) < 4.78 is 8.77. The van der Waals surface area contributed by atoms with Crippen LogP contribution < -0.4 is 9.30 Å². The summed E-state index contributed by atoms with van der Waals surface area (Å²) in [6.07, 6.45) is 8.87. The van der Waals surface area contributed by atoms with Gasteiger partial charge < -0.3 is 4.74 Å². The van der Waals surface area contributed by atoms with E-state index in [2.05, 4.69) is 61.9 Å². The van der Waals surface area contributed by atoms with E-state index in [1.165, 1.54) is 42.9 Å². The van der Waals surface area contributed by atoms with Gasteiger partial charge in [-0.1, -0.05) is 24.6 Å². The van der Waals surface area contributed by atoms with Crippen molar-refractivity contribution >= 4 is 10.8 Å². The van der Waals surface area contributed by atoms with Crippen LogP contribution in [0.4, 0.5) is 0 Å². The van der Waals surface area contributed by atoms with E-state index in [-0.39, 0.29) is 5.54 Å². The Kier molecular flexibility index (Phi) is 3.88. The lowest BCUT2D eigenvalue weighted by Gasteiger charge is -2.24. The Morgan fingerprint density at radius 2 is 1.71 bits per heavy atom. The summed E-state index contributed by atoms with van der Waals surface area (Å²) in [5.41, 5.74) is 0.0219. The average Bonchev–Trinajstić information content (AvgIpc) is 2.47. The van der Waals surface area contributed by atoms with Crippen molar-refractivity contribution in [3.63, 3.8) is 0 Å². The molecule has 1 saturated carbocycles. The van der Waals surface area contributed by atoms with Crippen molar-refractivity contribution in [1.29, 1.82) is 0 Å². The molecule has 1 aromatic heterocycles. The Labute approximate surface area is 127 Å². The van der Waals surface area contributed by atoms with E-state index in [0.717, 1.165) is 5.88 Å². The molecular weight excluding hydrogens is 258 g/mol. The molecule has 2 nitrogen and oxygen atoms in total. The monoisotopic (exact) mass is 284 g/mol. The van der Waals surface area contributed by atoms with Gasteiger partial charge >= 0.3 is 5.88 Å². The second-order valence-electron chi connectivity index (χ2n) is 7.13. The molecule has 1 aliphatic rings. The van der Waals surface area contributed by atoms with Gasteiger partial charge in [0.2, 0.25) is 0 Å². The number of rotatable bonds is 2. The van der Waals surface area contributed by atoms with Crippen molar-refractivity contribution in [3.05, 3.63) is 36.5 Å². The van der Waals surface area contributed by atoms with Gasteiger partial charge in [0.15, 0.2) is 11.7 Å². The van der Waals surface area contributed by atoms with Crippen molar-refractivity contribution < 1.29 is 9.30 Å². The summed E-state index contributed by atoms with van der Waals surface area (Å²) in [5.74, 6) is 1.03.